The predicted octanol–water partition coefficient (Wildman–Crippen LogP) is 7.39. The molecule has 0 aromatic heterocycles. The summed E-state index contributed by atoms with van der Waals surface area (Å²) < 4.78 is 41.6. The number of hydrogen-bond acceptors (Lipinski definition) is 3. The fourth-order valence-electron chi connectivity index (χ4n) is 4.18. The van der Waals surface area contributed by atoms with E-state index in [-0.39, 0.29) is 21.7 Å². The van der Waals surface area contributed by atoms with E-state index >= 15 is 0 Å². The number of carbonyl (C=O) groups excluding carboxylic acids is 3. The van der Waals surface area contributed by atoms with E-state index in [2.05, 4.69) is 5.32 Å². The zero-order chi connectivity index (χ0) is 28.8. The Morgan fingerprint density at radius 2 is 1.62 bits per heavy atom. The maximum atomic E-state index is 14.7. The van der Waals surface area contributed by atoms with Crippen molar-refractivity contribution in [1.29, 1.82) is 0 Å². The molecule has 2 aliphatic rings. The number of rotatable bonds is 6. The molecule has 0 aliphatic heterocycles. The quantitative estimate of drug-likeness (QED) is 0.288. The van der Waals surface area contributed by atoms with Gasteiger partial charge in [0, 0.05) is 36.0 Å². The molecule has 0 bridgehead atoms. The Labute approximate surface area is 245 Å². The zero-order valence-corrected chi connectivity index (χ0v) is 23.4. The van der Waals surface area contributed by atoms with Crippen LogP contribution in [0.4, 0.5) is 30.2 Å². The van der Waals surface area contributed by atoms with Crippen LogP contribution in [0, 0.1) is 29.3 Å². The van der Waals surface area contributed by atoms with E-state index in [0.29, 0.717) is 23.1 Å². The molecule has 14 heteroatoms. The molecule has 0 radical (unpaired) electrons. The first-order valence-corrected chi connectivity index (χ1v) is 13.1. The highest BCUT2D eigenvalue weighted by Gasteiger charge is 2.68. The average molecular weight is 642 g/mol. The standard InChI is InChI=1S/C25H17Cl5F3N3O3/c1-9(37)34-21-16(31)8-17(32)22(20(21)33)36-23(38)14-7-13(2-3-15(14)28)35-24(39)19-18(25(19,29)30)10-4-11(26)6-12(27)5-10/h2-5,7-8,11,18-19H,6H2,1H3,(H,34,37)(H,35,39)(H,36,38)/t11?,18-,19+/m0/s1. The molecule has 2 aliphatic carbocycles. The first-order chi connectivity index (χ1) is 18.2. The predicted molar refractivity (Wildman–Crippen MR) is 146 cm³/mol. The summed E-state index contributed by atoms with van der Waals surface area (Å²) in [4.78, 5) is 37.1. The van der Waals surface area contributed by atoms with Crippen molar-refractivity contribution >= 4 is 92.8 Å². The number of alkyl halides is 3. The smallest absolute Gasteiger partial charge is 0.257 e. The second-order valence-electron chi connectivity index (χ2n) is 8.83. The maximum Gasteiger partial charge on any atom is 0.257 e. The van der Waals surface area contributed by atoms with Gasteiger partial charge in [-0.25, -0.2) is 13.2 Å². The van der Waals surface area contributed by atoms with Gasteiger partial charge in [0.1, 0.15) is 15.7 Å². The van der Waals surface area contributed by atoms with Gasteiger partial charge < -0.3 is 16.0 Å². The third-order valence-corrected chi connectivity index (χ3v) is 7.78. The van der Waals surface area contributed by atoms with Crippen molar-refractivity contribution in [3.05, 3.63) is 75.1 Å². The molecule has 2 aromatic rings. The van der Waals surface area contributed by atoms with Gasteiger partial charge in [0.2, 0.25) is 11.8 Å². The molecule has 0 saturated heterocycles. The van der Waals surface area contributed by atoms with Crippen LogP contribution in [0.1, 0.15) is 23.7 Å². The van der Waals surface area contributed by atoms with Gasteiger partial charge in [-0.2, -0.15) is 0 Å². The number of hydrogen-bond donors (Lipinski definition) is 3. The highest BCUT2D eigenvalue weighted by atomic mass is 35.5. The van der Waals surface area contributed by atoms with Crippen LogP contribution in [0.2, 0.25) is 5.02 Å². The third-order valence-electron chi connectivity index (χ3n) is 5.97. The molecule has 4 rings (SSSR count). The molecule has 2 aromatic carbocycles. The summed E-state index contributed by atoms with van der Waals surface area (Å²) in [6, 6.07) is 4.12. The Bertz CT molecular complexity index is 1460. The fourth-order valence-corrected chi connectivity index (χ4v) is 5.89. The molecular formula is C25H17Cl5F3N3O3. The normalized spacial score (nSPS) is 21.4. The highest BCUT2D eigenvalue weighted by molar-refractivity contribution is 6.53. The zero-order valence-electron chi connectivity index (χ0n) is 19.7. The fraction of sp³-hybridized carbons (Fsp3) is 0.240. The number of nitrogens with one attached hydrogen (secondary N) is 3. The molecule has 1 saturated carbocycles. The lowest BCUT2D eigenvalue weighted by Gasteiger charge is -2.14. The summed E-state index contributed by atoms with van der Waals surface area (Å²) >= 11 is 31.2. The van der Waals surface area contributed by atoms with E-state index in [1.54, 1.807) is 12.2 Å². The van der Waals surface area contributed by atoms with E-state index in [0.717, 1.165) is 13.0 Å². The van der Waals surface area contributed by atoms with Crippen LogP contribution < -0.4 is 16.0 Å². The third kappa shape index (κ3) is 6.18. The number of allylic oxidation sites excluding steroid dienone is 4. The maximum absolute atomic E-state index is 14.7. The Kier molecular flexibility index (Phi) is 8.50. The van der Waals surface area contributed by atoms with Gasteiger partial charge in [-0.1, -0.05) is 29.3 Å². The summed E-state index contributed by atoms with van der Waals surface area (Å²) in [5.41, 5.74) is -1.51. The lowest BCUT2D eigenvalue weighted by molar-refractivity contribution is -0.117. The van der Waals surface area contributed by atoms with Crippen molar-refractivity contribution in [2.45, 2.75) is 23.1 Å². The number of carbonyl (C=O) groups is 3. The molecule has 1 unspecified atom stereocenters. The van der Waals surface area contributed by atoms with Crippen LogP contribution in [0.15, 0.2) is 47.0 Å². The van der Waals surface area contributed by atoms with Gasteiger partial charge in [-0.3, -0.25) is 14.4 Å². The van der Waals surface area contributed by atoms with Crippen molar-refractivity contribution < 1.29 is 27.6 Å². The lowest BCUT2D eigenvalue weighted by atomic mass is 10.0. The molecule has 0 spiro atoms. The molecule has 6 nitrogen and oxygen atoms in total. The first kappa shape index (κ1) is 29.6. The van der Waals surface area contributed by atoms with Crippen molar-refractivity contribution in [3.8, 4) is 0 Å². The van der Waals surface area contributed by atoms with Gasteiger partial charge in [0.25, 0.3) is 5.91 Å². The lowest BCUT2D eigenvalue weighted by Crippen LogP contribution is -2.19. The molecule has 39 heavy (non-hydrogen) atoms. The van der Waals surface area contributed by atoms with Gasteiger partial charge in [0.15, 0.2) is 17.5 Å². The molecular weight excluding hydrogens is 625 g/mol. The van der Waals surface area contributed by atoms with Crippen LogP contribution in [0.25, 0.3) is 0 Å². The molecule has 0 heterocycles. The van der Waals surface area contributed by atoms with E-state index in [1.807, 2.05) is 10.6 Å². The van der Waals surface area contributed by atoms with Gasteiger partial charge in [-0.05, 0) is 29.8 Å². The van der Waals surface area contributed by atoms with E-state index in [1.165, 1.54) is 12.1 Å². The SMILES string of the molecule is CC(=O)Nc1c(F)cc(F)c(NC(=O)c2cc(NC(=O)[C@H]3[C@H](C4=CC(Cl)CC(Cl)=C4)C3(Cl)Cl)ccc2Cl)c1F. The van der Waals surface area contributed by atoms with Gasteiger partial charge in [-0.15, -0.1) is 34.8 Å². The summed E-state index contributed by atoms with van der Waals surface area (Å²) in [6.07, 6.45) is 3.82. The van der Waals surface area contributed by atoms with Crippen LogP contribution in [-0.2, 0) is 9.59 Å². The van der Waals surface area contributed by atoms with Crippen LogP contribution >= 0.6 is 58.0 Å². The molecule has 1 fully saturated rings. The second-order valence-corrected chi connectivity index (χ2v) is 11.7. The summed E-state index contributed by atoms with van der Waals surface area (Å²) in [5, 5.41) is 6.46. The Morgan fingerprint density at radius 3 is 2.23 bits per heavy atom. The highest BCUT2D eigenvalue weighted by Crippen LogP contribution is 2.63. The Balaban J connectivity index is 1.54. The van der Waals surface area contributed by atoms with Crippen molar-refractivity contribution in [2.75, 3.05) is 16.0 Å². The number of halogens is 8. The summed E-state index contributed by atoms with van der Waals surface area (Å²) in [7, 11) is 0. The largest absolute Gasteiger partial charge is 0.326 e. The van der Waals surface area contributed by atoms with Crippen molar-refractivity contribution in [1.82, 2.24) is 0 Å². The molecule has 3 atom stereocenters. The first-order valence-electron chi connectivity index (χ1n) is 11.2. The molecule has 206 valence electrons. The van der Waals surface area contributed by atoms with E-state index in [9.17, 15) is 27.6 Å². The van der Waals surface area contributed by atoms with Gasteiger partial charge in [0.05, 0.1) is 21.9 Å². The van der Waals surface area contributed by atoms with Gasteiger partial charge >= 0.3 is 0 Å². The van der Waals surface area contributed by atoms with E-state index in [4.69, 9.17) is 58.0 Å². The summed E-state index contributed by atoms with van der Waals surface area (Å²) in [6.45, 7) is 0.995. The minimum Gasteiger partial charge on any atom is -0.326 e. The topological polar surface area (TPSA) is 87.3 Å². The number of amides is 3. The van der Waals surface area contributed by atoms with E-state index < -0.39 is 62.7 Å². The van der Waals surface area contributed by atoms with Crippen molar-refractivity contribution in [3.63, 3.8) is 0 Å². The van der Waals surface area contributed by atoms with Crippen molar-refractivity contribution in [2.24, 2.45) is 11.8 Å². The summed E-state index contributed by atoms with van der Waals surface area (Å²) in [5.74, 6) is -8.29. The molecule has 3 N–H and O–H groups in total. The monoisotopic (exact) mass is 639 g/mol. The second kappa shape index (κ2) is 11.2. The molecule has 3 amide bonds. The van der Waals surface area contributed by atoms with Crippen LogP contribution in [0.3, 0.4) is 0 Å². The number of benzene rings is 2. The number of anilines is 3. The Morgan fingerprint density at radius 1 is 0.974 bits per heavy atom. The minimum absolute atomic E-state index is 0.102. The average Bonchev–Trinajstić information content (AvgIpc) is 3.41. The minimum atomic E-state index is -1.54. The van der Waals surface area contributed by atoms with Crippen LogP contribution in [-0.4, -0.2) is 27.4 Å². The van der Waals surface area contributed by atoms with Crippen LogP contribution in [0.5, 0.6) is 0 Å². The Hall–Kier alpha value is -2.43.